The standard InChI is InChI=1S/C16H15N5OS/c1-11-18-7-13(12-3-5-17-6-4-12)14(20-11)8-21(2)16(22)15-9-23-10-19-15/h3-7,9-10H,8H2,1-2H3. The Labute approximate surface area is 137 Å². The first kappa shape index (κ1) is 15.2. The molecule has 0 atom stereocenters. The van der Waals surface area contributed by atoms with Crippen molar-refractivity contribution in [2.45, 2.75) is 13.5 Å². The molecule has 116 valence electrons. The van der Waals surface area contributed by atoms with E-state index in [0.717, 1.165) is 16.8 Å². The van der Waals surface area contributed by atoms with Crippen LogP contribution in [-0.2, 0) is 6.54 Å². The number of hydrogen-bond acceptors (Lipinski definition) is 6. The minimum absolute atomic E-state index is 0.122. The fourth-order valence-electron chi connectivity index (χ4n) is 2.22. The van der Waals surface area contributed by atoms with Crippen molar-refractivity contribution in [3.63, 3.8) is 0 Å². The highest BCUT2D eigenvalue weighted by molar-refractivity contribution is 7.07. The highest BCUT2D eigenvalue weighted by Gasteiger charge is 2.17. The Morgan fingerprint density at radius 2 is 2.04 bits per heavy atom. The number of pyridine rings is 1. The first-order valence-electron chi connectivity index (χ1n) is 7.01. The lowest BCUT2D eigenvalue weighted by Crippen LogP contribution is -2.27. The van der Waals surface area contributed by atoms with Crippen LogP contribution in [0.25, 0.3) is 11.1 Å². The number of amides is 1. The third-order valence-electron chi connectivity index (χ3n) is 3.36. The first-order chi connectivity index (χ1) is 11.1. The largest absolute Gasteiger partial charge is 0.334 e. The van der Waals surface area contributed by atoms with Gasteiger partial charge in [-0.25, -0.2) is 15.0 Å². The van der Waals surface area contributed by atoms with Crippen LogP contribution in [0, 0.1) is 6.92 Å². The Bertz CT molecular complexity index is 805. The second-order valence-electron chi connectivity index (χ2n) is 5.05. The van der Waals surface area contributed by atoms with Crippen LogP contribution < -0.4 is 0 Å². The quantitative estimate of drug-likeness (QED) is 0.737. The lowest BCUT2D eigenvalue weighted by molar-refractivity contribution is 0.0778. The van der Waals surface area contributed by atoms with Crippen molar-refractivity contribution in [2.24, 2.45) is 0 Å². The summed E-state index contributed by atoms with van der Waals surface area (Å²) in [7, 11) is 1.75. The minimum atomic E-state index is -0.122. The highest BCUT2D eigenvalue weighted by atomic mass is 32.1. The van der Waals surface area contributed by atoms with Crippen molar-refractivity contribution in [1.29, 1.82) is 0 Å². The molecule has 6 nitrogen and oxygen atoms in total. The summed E-state index contributed by atoms with van der Waals surface area (Å²) in [6.45, 7) is 2.22. The van der Waals surface area contributed by atoms with Gasteiger partial charge in [0.2, 0.25) is 0 Å². The number of carbonyl (C=O) groups is 1. The molecule has 3 aromatic rings. The number of rotatable bonds is 4. The summed E-state index contributed by atoms with van der Waals surface area (Å²) in [5, 5.41) is 1.74. The number of hydrogen-bond donors (Lipinski definition) is 0. The zero-order valence-corrected chi connectivity index (χ0v) is 13.6. The highest BCUT2D eigenvalue weighted by Crippen LogP contribution is 2.22. The summed E-state index contributed by atoms with van der Waals surface area (Å²) in [4.78, 5) is 30.8. The van der Waals surface area contributed by atoms with E-state index in [9.17, 15) is 4.79 Å². The summed E-state index contributed by atoms with van der Waals surface area (Å²) in [6, 6.07) is 3.81. The second kappa shape index (κ2) is 6.62. The number of nitrogens with zero attached hydrogens (tertiary/aromatic N) is 5. The number of carbonyl (C=O) groups excluding carboxylic acids is 1. The zero-order valence-electron chi connectivity index (χ0n) is 12.8. The van der Waals surface area contributed by atoms with E-state index in [4.69, 9.17) is 0 Å². The Morgan fingerprint density at radius 1 is 1.26 bits per heavy atom. The maximum absolute atomic E-state index is 12.4. The van der Waals surface area contributed by atoms with Crippen molar-refractivity contribution in [2.75, 3.05) is 7.05 Å². The molecule has 3 heterocycles. The van der Waals surface area contributed by atoms with Crippen molar-refractivity contribution in [1.82, 2.24) is 24.8 Å². The molecule has 3 aromatic heterocycles. The van der Waals surface area contributed by atoms with Gasteiger partial charge in [-0.05, 0) is 24.6 Å². The van der Waals surface area contributed by atoms with Crippen LogP contribution in [0.2, 0.25) is 0 Å². The molecule has 0 unspecified atom stereocenters. The van der Waals surface area contributed by atoms with Crippen LogP contribution in [0.15, 0.2) is 41.6 Å². The Balaban J connectivity index is 1.90. The lowest BCUT2D eigenvalue weighted by Gasteiger charge is -2.18. The van der Waals surface area contributed by atoms with Crippen molar-refractivity contribution >= 4 is 17.2 Å². The molecule has 0 bridgehead atoms. The van der Waals surface area contributed by atoms with Gasteiger partial charge in [-0.3, -0.25) is 9.78 Å². The lowest BCUT2D eigenvalue weighted by atomic mass is 10.1. The van der Waals surface area contributed by atoms with E-state index < -0.39 is 0 Å². The predicted molar refractivity (Wildman–Crippen MR) is 87.9 cm³/mol. The Morgan fingerprint density at radius 3 is 2.74 bits per heavy atom. The summed E-state index contributed by atoms with van der Waals surface area (Å²) in [5.41, 5.74) is 4.78. The smallest absolute Gasteiger partial charge is 0.273 e. The molecule has 0 saturated carbocycles. The van der Waals surface area contributed by atoms with E-state index in [-0.39, 0.29) is 5.91 Å². The van der Waals surface area contributed by atoms with Crippen molar-refractivity contribution in [3.05, 3.63) is 58.8 Å². The van der Waals surface area contributed by atoms with Gasteiger partial charge in [0.05, 0.1) is 17.7 Å². The summed E-state index contributed by atoms with van der Waals surface area (Å²) < 4.78 is 0. The van der Waals surface area contributed by atoms with Crippen LogP contribution in [0.4, 0.5) is 0 Å². The summed E-state index contributed by atoms with van der Waals surface area (Å²) >= 11 is 1.40. The molecular weight excluding hydrogens is 310 g/mol. The van der Waals surface area contributed by atoms with Gasteiger partial charge < -0.3 is 4.90 Å². The van der Waals surface area contributed by atoms with E-state index in [1.54, 1.807) is 41.4 Å². The molecule has 0 aromatic carbocycles. The Hall–Kier alpha value is -2.67. The molecule has 0 fully saturated rings. The minimum Gasteiger partial charge on any atom is -0.334 e. The number of thiazole rings is 1. The maximum atomic E-state index is 12.4. The average Bonchev–Trinajstić information content (AvgIpc) is 3.09. The molecular formula is C16H15N5OS. The zero-order chi connectivity index (χ0) is 16.2. The van der Waals surface area contributed by atoms with Gasteiger partial charge in [-0.15, -0.1) is 11.3 Å². The van der Waals surface area contributed by atoms with E-state index >= 15 is 0 Å². The number of aromatic nitrogens is 4. The second-order valence-corrected chi connectivity index (χ2v) is 5.77. The van der Waals surface area contributed by atoms with Gasteiger partial charge in [-0.1, -0.05) is 0 Å². The third-order valence-corrected chi connectivity index (χ3v) is 3.95. The van der Waals surface area contributed by atoms with Gasteiger partial charge in [0.25, 0.3) is 5.91 Å². The third kappa shape index (κ3) is 3.40. The summed E-state index contributed by atoms with van der Waals surface area (Å²) in [5.74, 6) is 0.551. The summed E-state index contributed by atoms with van der Waals surface area (Å²) in [6.07, 6.45) is 5.24. The van der Waals surface area contributed by atoms with Gasteiger partial charge in [-0.2, -0.15) is 0 Å². The van der Waals surface area contributed by atoms with Crippen LogP contribution in [0.3, 0.4) is 0 Å². The maximum Gasteiger partial charge on any atom is 0.273 e. The van der Waals surface area contributed by atoms with E-state index in [2.05, 4.69) is 19.9 Å². The van der Waals surface area contributed by atoms with Crippen LogP contribution >= 0.6 is 11.3 Å². The van der Waals surface area contributed by atoms with Crippen molar-refractivity contribution in [3.8, 4) is 11.1 Å². The monoisotopic (exact) mass is 325 g/mol. The van der Waals surface area contributed by atoms with Crippen LogP contribution in [0.5, 0.6) is 0 Å². The van der Waals surface area contributed by atoms with E-state index in [1.165, 1.54) is 11.3 Å². The van der Waals surface area contributed by atoms with Gasteiger partial charge >= 0.3 is 0 Å². The molecule has 0 aliphatic rings. The molecule has 7 heteroatoms. The molecule has 0 aliphatic heterocycles. The molecule has 3 rings (SSSR count). The molecule has 0 spiro atoms. The fraction of sp³-hybridized carbons (Fsp3) is 0.188. The number of aryl methyl sites for hydroxylation is 1. The molecule has 0 saturated heterocycles. The topological polar surface area (TPSA) is 71.9 Å². The normalized spacial score (nSPS) is 10.5. The molecule has 1 amide bonds. The molecule has 23 heavy (non-hydrogen) atoms. The van der Waals surface area contributed by atoms with Crippen molar-refractivity contribution < 1.29 is 4.79 Å². The van der Waals surface area contributed by atoms with E-state index in [0.29, 0.717) is 18.1 Å². The Kier molecular flexibility index (Phi) is 4.38. The first-order valence-corrected chi connectivity index (χ1v) is 7.96. The molecule has 0 aliphatic carbocycles. The van der Waals surface area contributed by atoms with Crippen LogP contribution in [0.1, 0.15) is 22.0 Å². The van der Waals surface area contributed by atoms with Gasteiger partial charge in [0, 0.05) is 36.6 Å². The van der Waals surface area contributed by atoms with E-state index in [1.807, 2.05) is 19.1 Å². The van der Waals surface area contributed by atoms with Gasteiger partial charge in [0.1, 0.15) is 11.5 Å². The predicted octanol–water partition coefficient (Wildman–Crippen LogP) is 2.58. The fourth-order valence-corrected chi connectivity index (χ4v) is 2.75. The molecule has 0 N–H and O–H groups in total. The van der Waals surface area contributed by atoms with Crippen LogP contribution in [-0.4, -0.2) is 37.8 Å². The molecule has 0 radical (unpaired) electrons. The average molecular weight is 325 g/mol. The SMILES string of the molecule is Cc1ncc(-c2ccncc2)c(CN(C)C(=O)c2cscn2)n1. The van der Waals surface area contributed by atoms with Gasteiger partial charge in [0.15, 0.2) is 0 Å².